The molecule has 12 nitrogen and oxygen atoms in total. The van der Waals surface area contributed by atoms with Gasteiger partial charge in [-0.05, 0) is 82.5 Å². The van der Waals surface area contributed by atoms with Crippen LogP contribution in [-0.2, 0) is 36.3 Å². The van der Waals surface area contributed by atoms with Gasteiger partial charge in [0.1, 0.15) is 12.3 Å². The van der Waals surface area contributed by atoms with E-state index in [9.17, 15) is 32.8 Å². The van der Waals surface area contributed by atoms with Crippen LogP contribution < -0.4 is 9.64 Å². The Hall–Kier alpha value is -7.35. The maximum absolute atomic E-state index is 12.8. The van der Waals surface area contributed by atoms with Crippen LogP contribution in [0.4, 0.5) is 14.5 Å². The molecular formula is C58H83F2NO11. The van der Waals surface area contributed by atoms with Crippen molar-refractivity contribution in [3.05, 3.63) is 172 Å². The molecule has 0 aliphatic rings. The van der Waals surface area contributed by atoms with E-state index in [-0.39, 0.29) is 19.6 Å². The summed E-state index contributed by atoms with van der Waals surface area (Å²) in [7, 11) is 1.76. The summed E-state index contributed by atoms with van der Waals surface area (Å²) in [5, 5.41) is 41.8. The topological polar surface area (TPSA) is 199 Å². The second-order valence-corrected chi connectivity index (χ2v) is 13.8. The molecule has 0 bridgehead atoms. The van der Waals surface area contributed by atoms with Gasteiger partial charge in [-0.15, -0.1) is 0 Å². The maximum Gasteiger partial charge on any atom is 0.379 e. The van der Waals surface area contributed by atoms with Gasteiger partial charge in [-0.25, -0.2) is 14.4 Å². The number of anilines is 1. The van der Waals surface area contributed by atoms with Crippen LogP contribution in [0.3, 0.4) is 0 Å². The molecule has 5 rings (SSSR count). The van der Waals surface area contributed by atoms with Crippen LogP contribution in [0.1, 0.15) is 120 Å². The zero-order chi connectivity index (χ0) is 56.8. The minimum atomic E-state index is -3.80. The van der Waals surface area contributed by atoms with Gasteiger partial charge in [-0.3, -0.25) is 9.59 Å². The number of carboxylic acids is 5. The second kappa shape index (κ2) is 46.1. The van der Waals surface area contributed by atoms with E-state index in [1.54, 1.807) is 37.1 Å². The number of nitrogens with zero attached hydrogens (tertiary/aromatic N) is 1. The van der Waals surface area contributed by atoms with Crippen LogP contribution in [0.15, 0.2) is 127 Å². The number of likely N-dealkylation sites (N-methyl/N-ethyl adjacent to an activating group) is 1. The molecule has 5 aromatic carbocycles. The molecular weight excluding hydrogens is 925 g/mol. The number of carbonyl (C=O) groups is 5. The Balaban J connectivity index is -0.000000248. The van der Waals surface area contributed by atoms with E-state index in [1.807, 2.05) is 182 Å². The Morgan fingerprint density at radius 1 is 0.514 bits per heavy atom. The third-order valence-corrected chi connectivity index (χ3v) is 8.16. The lowest BCUT2D eigenvalue weighted by atomic mass is 10.1. The first-order valence-electron chi connectivity index (χ1n) is 23.9. The molecule has 72 heavy (non-hydrogen) atoms. The average Bonchev–Trinajstić information content (AvgIpc) is 3.37. The summed E-state index contributed by atoms with van der Waals surface area (Å²) in [6.07, 6.45) is 3.53. The molecule has 5 aromatic rings. The van der Waals surface area contributed by atoms with Gasteiger partial charge in [0.05, 0.1) is 0 Å². The van der Waals surface area contributed by atoms with Crippen LogP contribution in [0.2, 0.25) is 0 Å². The van der Waals surface area contributed by atoms with Crippen molar-refractivity contribution in [3.63, 3.8) is 0 Å². The molecule has 14 heteroatoms. The summed E-state index contributed by atoms with van der Waals surface area (Å²) in [6, 6.07) is 35.7. The molecule has 0 saturated carbocycles. The van der Waals surface area contributed by atoms with E-state index in [1.165, 1.54) is 28.8 Å². The Morgan fingerprint density at radius 2 is 0.875 bits per heavy atom. The molecule has 0 heterocycles. The molecule has 0 spiro atoms. The van der Waals surface area contributed by atoms with Gasteiger partial charge in [0.25, 0.3) is 0 Å². The molecule has 0 aromatic heterocycles. The fourth-order valence-corrected chi connectivity index (χ4v) is 4.61. The minimum absolute atomic E-state index is 0.0308. The third kappa shape index (κ3) is 39.5. The second-order valence-electron chi connectivity index (χ2n) is 13.8. The van der Waals surface area contributed by atoms with E-state index in [0.29, 0.717) is 12.2 Å². The quantitative estimate of drug-likeness (QED) is 0.0701. The first-order valence-corrected chi connectivity index (χ1v) is 23.9. The lowest BCUT2D eigenvalue weighted by Gasteiger charge is -2.16. The van der Waals surface area contributed by atoms with Crippen molar-refractivity contribution in [2.24, 2.45) is 0 Å². The largest absolute Gasteiger partial charge is 0.482 e. The Kier molecular flexibility index (Phi) is 47.1. The molecule has 0 saturated heterocycles. The van der Waals surface area contributed by atoms with Crippen molar-refractivity contribution in [2.75, 3.05) is 25.1 Å². The number of rotatable bonds is 13. The van der Waals surface area contributed by atoms with Crippen LogP contribution in [0, 0.1) is 34.6 Å². The summed E-state index contributed by atoms with van der Waals surface area (Å²) < 4.78 is 30.5. The number of halogens is 2. The first kappa shape index (κ1) is 73.6. The SMILES string of the molecule is CC.CC.CC.CC.CC.Cc1ccc(/C=C/C(=O)O)cc1.Cc1ccc(C(F)(F)C(=O)O)cc1.Cc1ccc(CCC(=O)O)cc1.Cc1ccc(N(C)CC(=O)O)cc1.Cc1ccc(OCC(=O)O)cc1. The molecule has 0 aliphatic heterocycles. The summed E-state index contributed by atoms with van der Waals surface area (Å²) in [5.74, 6) is -8.78. The fourth-order valence-electron chi connectivity index (χ4n) is 4.61. The molecule has 0 atom stereocenters. The molecule has 5 N–H and O–H groups in total. The molecule has 0 fully saturated rings. The van der Waals surface area contributed by atoms with E-state index >= 15 is 0 Å². The Bertz CT molecular complexity index is 2110. The lowest BCUT2D eigenvalue weighted by molar-refractivity contribution is -0.166. The number of alkyl halides is 2. The van der Waals surface area contributed by atoms with Crippen LogP contribution in [0.5, 0.6) is 5.75 Å². The molecule has 0 radical (unpaired) electrons. The molecule has 400 valence electrons. The molecule has 0 unspecified atom stereocenters. The zero-order valence-electron chi connectivity index (χ0n) is 45.4. The van der Waals surface area contributed by atoms with Crippen LogP contribution >= 0.6 is 0 Å². The number of aryl methyl sites for hydroxylation is 6. The standard InChI is InChI=1S/C10H13NO2.C10H12O2.C10H10O2.C9H8F2O2.C9H10O3.5C2H6/c1-8-3-5-9(6-4-8)11(2)7-10(12)13;2*1-8-2-4-9(5-3-8)6-7-10(11)12;1-6-2-4-7(5-3-6)9(10,11)8(12)13;1-7-2-4-8(5-3-7)12-6-9(10)11;5*1-2/h3-6H,7H2,1-2H3,(H,12,13);2-5H,6-7H2,1H3,(H,11,12);2-7H,1H3,(H,11,12);2-5H,1H3,(H,12,13);2-5H,6H2,1H3,(H,10,11);5*1-2H3/b;;7-6+;;;;;;;. The molecule has 0 amide bonds. The average molecular weight is 1010 g/mol. The highest BCUT2D eigenvalue weighted by Gasteiger charge is 2.40. The van der Waals surface area contributed by atoms with Gasteiger partial charge in [-0.1, -0.05) is 194 Å². The van der Waals surface area contributed by atoms with E-state index in [0.717, 1.165) is 46.1 Å². The van der Waals surface area contributed by atoms with Crippen molar-refractivity contribution in [1.29, 1.82) is 0 Å². The fraction of sp³-hybridized carbons (Fsp3) is 0.362. The lowest BCUT2D eigenvalue weighted by Crippen LogP contribution is -2.25. The minimum Gasteiger partial charge on any atom is -0.482 e. The number of aliphatic carboxylic acids is 5. The van der Waals surface area contributed by atoms with Crippen molar-refractivity contribution >= 4 is 41.6 Å². The van der Waals surface area contributed by atoms with E-state index in [4.69, 9.17) is 30.3 Å². The van der Waals surface area contributed by atoms with Crippen LogP contribution in [-0.4, -0.2) is 75.6 Å². The Morgan fingerprint density at radius 3 is 1.22 bits per heavy atom. The smallest absolute Gasteiger partial charge is 0.379 e. The number of benzene rings is 5. The zero-order valence-corrected chi connectivity index (χ0v) is 45.4. The third-order valence-electron chi connectivity index (χ3n) is 8.16. The van der Waals surface area contributed by atoms with Crippen molar-refractivity contribution in [1.82, 2.24) is 0 Å². The van der Waals surface area contributed by atoms with Gasteiger partial charge in [-0.2, -0.15) is 8.78 Å². The number of carboxylic acid groups (broad SMARTS) is 5. The van der Waals surface area contributed by atoms with E-state index < -0.39 is 41.3 Å². The summed E-state index contributed by atoms with van der Waals surface area (Å²) in [4.78, 5) is 52.8. The van der Waals surface area contributed by atoms with Gasteiger partial charge in [0.15, 0.2) is 6.61 Å². The highest BCUT2D eigenvalue weighted by atomic mass is 19.3. The predicted molar refractivity (Wildman–Crippen MR) is 291 cm³/mol. The molecule has 0 aliphatic carbocycles. The summed E-state index contributed by atoms with van der Waals surface area (Å²) in [5.41, 5.74) is 7.90. The highest BCUT2D eigenvalue weighted by molar-refractivity contribution is 5.85. The summed E-state index contributed by atoms with van der Waals surface area (Å²) in [6.45, 7) is 29.4. The van der Waals surface area contributed by atoms with Gasteiger partial charge in [0, 0.05) is 30.8 Å². The maximum atomic E-state index is 12.8. The van der Waals surface area contributed by atoms with Gasteiger partial charge >= 0.3 is 35.8 Å². The predicted octanol–water partition coefficient (Wildman–Crippen LogP) is 14.4. The van der Waals surface area contributed by atoms with Gasteiger partial charge in [0.2, 0.25) is 0 Å². The normalized spacial score (nSPS) is 9.14. The van der Waals surface area contributed by atoms with E-state index in [2.05, 4.69) is 0 Å². The van der Waals surface area contributed by atoms with Crippen LogP contribution in [0.25, 0.3) is 6.08 Å². The Labute approximate surface area is 428 Å². The number of ether oxygens (including phenoxy) is 1. The summed E-state index contributed by atoms with van der Waals surface area (Å²) >= 11 is 0. The van der Waals surface area contributed by atoms with Crippen molar-refractivity contribution in [2.45, 2.75) is 123 Å². The monoisotopic (exact) mass is 1010 g/mol. The number of hydrogen-bond donors (Lipinski definition) is 5. The first-order chi connectivity index (χ1) is 34.1. The van der Waals surface area contributed by atoms with Gasteiger partial charge < -0.3 is 35.2 Å². The van der Waals surface area contributed by atoms with Crippen molar-refractivity contribution in [3.8, 4) is 5.75 Å². The number of hydrogen-bond acceptors (Lipinski definition) is 7. The highest BCUT2D eigenvalue weighted by Crippen LogP contribution is 2.28. The van der Waals surface area contributed by atoms with Crippen molar-refractivity contribution < 1.29 is 63.0 Å².